The van der Waals surface area contributed by atoms with Gasteiger partial charge in [-0.05, 0) is 42.9 Å². The Morgan fingerprint density at radius 2 is 1.66 bits per heavy atom. The molecule has 0 spiro atoms. The Kier molecular flexibility index (Phi) is 17.5. The molecular formula is C32H51Cl2N5O4S. The number of aliphatic hydroxyl groups excluding tert-OH is 1. The van der Waals surface area contributed by atoms with Gasteiger partial charge in [0, 0.05) is 25.9 Å². The summed E-state index contributed by atoms with van der Waals surface area (Å²) in [5, 5.41) is 16.3. The van der Waals surface area contributed by atoms with Gasteiger partial charge in [0.2, 0.25) is 17.7 Å². The number of β-amino-alcohol motifs (C(OH)–C–C–N with tert-alkyl or cyclic N) is 1. The average Bonchev–Trinajstić information content (AvgIpc) is 3.56. The Hall–Kier alpha value is -2.24. The minimum atomic E-state index is -0.801. The predicted octanol–water partition coefficient (Wildman–Crippen LogP) is 5.15. The molecule has 44 heavy (non-hydrogen) atoms. The first kappa shape index (κ1) is 39.8. The quantitative estimate of drug-likeness (QED) is 0.193. The number of likely N-dealkylation sites (tertiary alicyclic amines) is 1. The summed E-state index contributed by atoms with van der Waals surface area (Å²) in [7, 11) is 0. The molecule has 1 aliphatic heterocycles. The van der Waals surface area contributed by atoms with Crippen molar-refractivity contribution in [3.05, 3.63) is 41.0 Å². The van der Waals surface area contributed by atoms with E-state index < -0.39 is 23.6 Å². The average molecular weight is 673 g/mol. The predicted molar refractivity (Wildman–Crippen MR) is 182 cm³/mol. The summed E-state index contributed by atoms with van der Waals surface area (Å²) < 4.78 is 0. The Bertz CT molecular complexity index is 1170. The van der Waals surface area contributed by atoms with E-state index in [1.54, 1.807) is 11.3 Å². The minimum absolute atomic E-state index is 0. The van der Waals surface area contributed by atoms with Crippen molar-refractivity contribution in [2.24, 2.45) is 11.1 Å². The molecule has 1 aromatic heterocycles. The molecule has 1 fully saturated rings. The molecule has 12 heteroatoms. The van der Waals surface area contributed by atoms with Crippen LogP contribution in [0, 0.1) is 12.3 Å². The van der Waals surface area contributed by atoms with Crippen LogP contribution in [0.5, 0.6) is 0 Å². The Balaban J connectivity index is 0.00000484. The maximum Gasteiger partial charge on any atom is 0.246 e. The van der Waals surface area contributed by atoms with Gasteiger partial charge in [-0.25, -0.2) is 4.98 Å². The van der Waals surface area contributed by atoms with E-state index in [0.717, 1.165) is 66.8 Å². The third-order valence-electron chi connectivity index (χ3n) is 7.82. The maximum atomic E-state index is 13.7. The lowest BCUT2D eigenvalue weighted by atomic mass is 9.85. The van der Waals surface area contributed by atoms with Gasteiger partial charge in [-0.1, -0.05) is 77.1 Å². The third-order valence-corrected chi connectivity index (χ3v) is 8.80. The number of halogens is 2. The topological polar surface area (TPSA) is 138 Å². The second kappa shape index (κ2) is 19.3. The highest BCUT2D eigenvalue weighted by molar-refractivity contribution is 7.13. The zero-order chi connectivity index (χ0) is 30.7. The summed E-state index contributed by atoms with van der Waals surface area (Å²) in [4.78, 5) is 46.7. The van der Waals surface area contributed by atoms with E-state index in [9.17, 15) is 19.5 Å². The molecule has 1 aliphatic rings. The number of hydrogen-bond donors (Lipinski definition) is 4. The van der Waals surface area contributed by atoms with Crippen molar-refractivity contribution in [2.75, 3.05) is 13.1 Å². The number of hydrogen-bond acceptors (Lipinski definition) is 7. The molecule has 0 bridgehead atoms. The van der Waals surface area contributed by atoms with Crippen molar-refractivity contribution in [3.8, 4) is 10.4 Å². The fourth-order valence-corrected chi connectivity index (χ4v) is 6.14. The summed E-state index contributed by atoms with van der Waals surface area (Å²) in [5.74, 6) is -0.811. The normalized spacial score (nSPS) is 16.9. The van der Waals surface area contributed by atoms with Gasteiger partial charge >= 0.3 is 0 Å². The maximum absolute atomic E-state index is 13.7. The number of unbranched alkanes of at least 4 members (excludes halogenated alkanes) is 6. The molecule has 3 atom stereocenters. The van der Waals surface area contributed by atoms with Crippen LogP contribution in [-0.2, 0) is 20.9 Å². The van der Waals surface area contributed by atoms with Crippen LogP contribution in [0.15, 0.2) is 29.8 Å². The van der Waals surface area contributed by atoms with E-state index in [-0.39, 0.29) is 55.5 Å². The standard InChI is InChI=1S/C32H49N5O4S.2ClH/c1-22-28(42-21-35-22)24-15-13-23(14-16-24)19-34-30(40)26-18-25(38)20-37(26)31(41)29(32(2,3)4)36-27(39)12-10-8-6-5-7-9-11-17-33;;/h13-16,21,25-26,29,38H,5-12,17-20,33H2,1-4H3,(H,34,40)(H,36,39);2*1H/t25-,26+,29-;;/m1../s1. The number of aliphatic hydroxyl groups is 1. The molecule has 3 rings (SSSR count). The fraction of sp³-hybridized carbons (Fsp3) is 0.625. The zero-order valence-electron chi connectivity index (χ0n) is 26.5. The number of nitrogens with zero attached hydrogens (tertiary/aromatic N) is 2. The van der Waals surface area contributed by atoms with Crippen molar-refractivity contribution in [3.63, 3.8) is 0 Å². The zero-order valence-corrected chi connectivity index (χ0v) is 28.9. The molecule has 2 aromatic rings. The first-order valence-electron chi connectivity index (χ1n) is 15.3. The number of thiazole rings is 1. The second-order valence-electron chi connectivity index (χ2n) is 12.5. The number of nitrogens with one attached hydrogen (secondary N) is 2. The fourth-order valence-electron chi connectivity index (χ4n) is 5.33. The van der Waals surface area contributed by atoms with Crippen molar-refractivity contribution < 1.29 is 19.5 Å². The monoisotopic (exact) mass is 671 g/mol. The van der Waals surface area contributed by atoms with Crippen LogP contribution >= 0.6 is 36.2 Å². The lowest BCUT2D eigenvalue weighted by Gasteiger charge is -2.35. The van der Waals surface area contributed by atoms with Gasteiger partial charge in [-0.15, -0.1) is 36.2 Å². The van der Waals surface area contributed by atoms with Crippen LogP contribution in [0.1, 0.15) is 89.8 Å². The lowest BCUT2D eigenvalue weighted by molar-refractivity contribution is -0.144. The van der Waals surface area contributed by atoms with E-state index in [1.807, 2.05) is 57.5 Å². The van der Waals surface area contributed by atoms with Gasteiger partial charge in [0.15, 0.2) is 0 Å². The van der Waals surface area contributed by atoms with Gasteiger partial charge in [-0.3, -0.25) is 14.4 Å². The molecule has 0 unspecified atom stereocenters. The Morgan fingerprint density at radius 1 is 1.05 bits per heavy atom. The number of nitrogens with two attached hydrogens (primary N) is 1. The second-order valence-corrected chi connectivity index (χ2v) is 13.3. The summed E-state index contributed by atoms with van der Waals surface area (Å²) >= 11 is 1.59. The molecule has 1 aromatic carbocycles. The largest absolute Gasteiger partial charge is 0.391 e. The van der Waals surface area contributed by atoms with Crippen molar-refractivity contribution >= 4 is 53.9 Å². The van der Waals surface area contributed by atoms with Crippen LogP contribution in [0.4, 0.5) is 0 Å². The molecule has 2 heterocycles. The van der Waals surface area contributed by atoms with Crippen LogP contribution < -0.4 is 16.4 Å². The van der Waals surface area contributed by atoms with Crippen LogP contribution in [0.2, 0.25) is 0 Å². The number of amides is 3. The van der Waals surface area contributed by atoms with Gasteiger partial charge in [0.25, 0.3) is 0 Å². The molecule has 1 saturated heterocycles. The molecule has 3 amide bonds. The number of rotatable bonds is 15. The molecular weight excluding hydrogens is 621 g/mol. The van der Waals surface area contributed by atoms with E-state index in [2.05, 4.69) is 15.6 Å². The summed E-state index contributed by atoms with van der Waals surface area (Å²) in [6, 6.07) is 6.36. The number of aromatic nitrogens is 1. The first-order valence-corrected chi connectivity index (χ1v) is 16.1. The number of aryl methyl sites for hydroxylation is 1. The first-order chi connectivity index (χ1) is 20.0. The minimum Gasteiger partial charge on any atom is -0.391 e. The summed E-state index contributed by atoms with van der Waals surface area (Å²) in [6.07, 6.45) is 7.06. The van der Waals surface area contributed by atoms with Crippen LogP contribution in [0.3, 0.4) is 0 Å². The van der Waals surface area contributed by atoms with E-state index in [1.165, 1.54) is 11.3 Å². The number of carbonyl (C=O) groups is 3. The highest BCUT2D eigenvalue weighted by Gasteiger charge is 2.44. The van der Waals surface area contributed by atoms with Crippen LogP contribution in [0.25, 0.3) is 10.4 Å². The lowest BCUT2D eigenvalue weighted by Crippen LogP contribution is -2.57. The summed E-state index contributed by atoms with van der Waals surface area (Å²) in [5.41, 5.74) is 9.79. The highest BCUT2D eigenvalue weighted by atomic mass is 35.5. The SMILES string of the molecule is Cc1ncsc1-c1ccc(CNC(=O)[C@@H]2C[C@@H](O)CN2C(=O)[C@@H](NC(=O)CCCCCCCCCN)C(C)(C)C)cc1.Cl.Cl. The van der Waals surface area contributed by atoms with Gasteiger partial charge in [0.05, 0.1) is 22.2 Å². The molecule has 5 N–H and O–H groups in total. The molecule has 0 aliphatic carbocycles. The van der Waals surface area contributed by atoms with E-state index in [4.69, 9.17) is 5.73 Å². The molecule has 0 radical (unpaired) electrons. The Labute approximate surface area is 279 Å². The van der Waals surface area contributed by atoms with Crippen molar-refractivity contribution in [1.82, 2.24) is 20.5 Å². The molecule has 248 valence electrons. The smallest absolute Gasteiger partial charge is 0.246 e. The van der Waals surface area contributed by atoms with Crippen molar-refractivity contribution in [2.45, 2.75) is 110 Å². The number of carbonyl (C=O) groups excluding carboxylic acids is 3. The third kappa shape index (κ3) is 11.9. The molecule has 0 saturated carbocycles. The molecule has 9 nitrogen and oxygen atoms in total. The van der Waals surface area contributed by atoms with Gasteiger partial charge in [0.1, 0.15) is 12.1 Å². The van der Waals surface area contributed by atoms with Gasteiger partial charge < -0.3 is 26.4 Å². The highest BCUT2D eigenvalue weighted by Crippen LogP contribution is 2.28. The summed E-state index contributed by atoms with van der Waals surface area (Å²) in [6.45, 7) is 8.78. The van der Waals surface area contributed by atoms with Gasteiger partial charge in [-0.2, -0.15) is 0 Å². The van der Waals surface area contributed by atoms with Crippen molar-refractivity contribution in [1.29, 1.82) is 0 Å². The van der Waals surface area contributed by atoms with E-state index in [0.29, 0.717) is 13.0 Å². The Morgan fingerprint density at radius 3 is 2.23 bits per heavy atom. The van der Waals surface area contributed by atoms with E-state index >= 15 is 0 Å². The number of benzene rings is 1. The van der Waals surface area contributed by atoms with Crippen LogP contribution in [-0.4, -0.2) is 64.0 Å².